The van der Waals surface area contributed by atoms with Crippen LogP contribution in [0.2, 0.25) is 0 Å². The summed E-state index contributed by atoms with van der Waals surface area (Å²) in [6.45, 7) is 12.4. The molecule has 5 unspecified atom stereocenters. The summed E-state index contributed by atoms with van der Waals surface area (Å²) in [4.78, 5) is 53.8. The zero-order valence-electron chi connectivity index (χ0n) is 35.9. The maximum Gasteiger partial charge on any atom is 0.243 e. The normalized spacial score (nSPS) is 13.8. The lowest BCUT2D eigenvalue weighted by Gasteiger charge is -2.29. The second kappa shape index (κ2) is 34.9. The molecule has 5 atom stereocenters. The zero-order valence-corrected chi connectivity index (χ0v) is 35.9. The van der Waals surface area contributed by atoms with E-state index in [-0.39, 0.29) is 24.4 Å². The van der Waals surface area contributed by atoms with Gasteiger partial charge in [-0.1, -0.05) is 19.6 Å². The summed E-state index contributed by atoms with van der Waals surface area (Å²) >= 11 is 0. The van der Waals surface area contributed by atoms with Crippen LogP contribution in [-0.2, 0) is 19.2 Å². The summed E-state index contributed by atoms with van der Waals surface area (Å²) in [5.41, 5.74) is 6.58. The number of nitrogens with one attached hydrogen (secondary N) is 11. The first-order valence-corrected chi connectivity index (χ1v) is 21.0. The molecule has 0 aliphatic heterocycles. The van der Waals surface area contributed by atoms with E-state index in [0.29, 0.717) is 44.2 Å². The number of amides is 4. The van der Waals surface area contributed by atoms with Crippen molar-refractivity contribution in [3.63, 3.8) is 0 Å². The summed E-state index contributed by atoms with van der Waals surface area (Å²) in [7, 11) is 11.4. The third kappa shape index (κ3) is 25.8. The Balaban J connectivity index is 6.28. The van der Waals surface area contributed by atoms with Crippen molar-refractivity contribution in [3.8, 4) is 0 Å². The second-order valence-electron chi connectivity index (χ2n) is 14.6. The molecule has 0 aliphatic carbocycles. The molecule has 13 N–H and O–H groups in total. The first kappa shape index (κ1) is 52.7. The zero-order chi connectivity index (χ0) is 42.0. The van der Waals surface area contributed by atoms with Gasteiger partial charge in [-0.2, -0.15) is 0 Å². The minimum absolute atomic E-state index is 0.0171. The van der Waals surface area contributed by atoms with Gasteiger partial charge in [-0.25, -0.2) is 0 Å². The van der Waals surface area contributed by atoms with Gasteiger partial charge < -0.3 is 64.2 Å². The number of carbonyl (C=O) groups is 4. The molecule has 0 aliphatic rings. The molecule has 0 spiro atoms. The van der Waals surface area contributed by atoms with Crippen LogP contribution in [0.1, 0.15) is 96.3 Å². The van der Waals surface area contributed by atoms with E-state index in [1.165, 1.54) is 0 Å². The molecule has 4 amide bonds. The van der Waals surface area contributed by atoms with E-state index in [1.54, 1.807) is 0 Å². The monoisotopic (exact) mass is 795 g/mol. The number of primary amides is 1. The fourth-order valence-corrected chi connectivity index (χ4v) is 6.35. The van der Waals surface area contributed by atoms with Gasteiger partial charge in [0.25, 0.3) is 0 Å². The molecular formula is C40H82N12O4. The Morgan fingerprint density at radius 3 is 1.05 bits per heavy atom. The number of hydrogen-bond donors (Lipinski definition) is 12. The quantitative estimate of drug-likeness (QED) is 0.0371. The third-order valence-electron chi connectivity index (χ3n) is 9.79. The Labute approximate surface area is 339 Å². The smallest absolute Gasteiger partial charge is 0.243 e. The lowest BCUT2D eigenvalue weighted by Crippen LogP contribution is -2.57. The fraction of sp³-hybridized carbons (Fsp3) is 0.800. The van der Waals surface area contributed by atoms with Gasteiger partial charge in [0.2, 0.25) is 23.6 Å². The summed E-state index contributed by atoms with van der Waals surface area (Å²) in [5.74, 6) is -1.57. The van der Waals surface area contributed by atoms with Crippen molar-refractivity contribution in [2.24, 2.45) is 5.73 Å². The first-order valence-electron chi connectivity index (χ1n) is 21.0. The van der Waals surface area contributed by atoms with Gasteiger partial charge in [-0.3, -0.25) is 19.2 Å². The van der Waals surface area contributed by atoms with E-state index in [0.717, 1.165) is 96.2 Å². The minimum atomic E-state index is -0.854. The highest BCUT2D eigenvalue weighted by Crippen LogP contribution is 2.13. The van der Waals surface area contributed by atoms with E-state index >= 15 is 0 Å². The van der Waals surface area contributed by atoms with Crippen LogP contribution >= 0.6 is 0 Å². The van der Waals surface area contributed by atoms with Crippen molar-refractivity contribution in [2.45, 2.75) is 127 Å². The van der Waals surface area contributed by atoms with Crippen LogP contribution in [0.3, 0.4) is 0 Å². The van der Waals surface area contributed by atoms with Crippen molar-refractivity contribution in [2.75, 3.05) is 81.6 Å². The second-order valence-corrected chi connectivity index (χ2v) is 14.6. The van der Waals surface area contributed by atoms with Gasteiger partial charge in [0.05, 0.1) is 12.6 Å². The van der Waals surface area contributed by atoms with Crippen LogP contribution in [0.25, 0.3) is 0 Å². The average Bonchev–Trinajstić information content (AvgIpc) is 3.18. The molecule has 0 heterocycles. The van der Waals surface area contributed by atoms with Gasteiger partial charge in [0.1, 0.15) is 18.1 Å². The molecule has 16 nitrogen and oxygen atoms in total. The third-order valence-corrected chi connectivity index (χ3v) is 9.79. The summed E-state index contributed by atoms with van der Waals surface area (Å²) in [6.07, 6.45) is 11.3. The van der Waals surface area contributed by atoms with Crippen molar-refractivity contribution >= 4 is 23.6 Å². The fourth-order valence-electron chi connectivity index (χ4n) is 6.35. The van der Waals surface area contributed by atoms with Crippen LogP contribution in [0.15, 0.2) is 24.6 Å². The summed E-state index contributed by atoms with van der Waals surface area (Å²) in [5, 5.41) is 34.6. The number of rotatable bonds is 39. The highest BCUT2D eigenvalue weighted by atomic mass is 16.2. The predicted octanol–water partition coefficient (Wildman–Crippen LogP) is 0.0378. The minimum Gasteiger partial charge on any atom is -0.378 e. The Hall–Kier alpha value is -3.28. The van der Waals surface area contributed by atoms with E-state index in [9.17, 15) is 19.2 Å². The lowest BCUT2D eigenvalue weighted by atomic mass is 10.0. The van der Waals surface area contributed by atoms with Crippen LogP contribution in [0, 0.1) is 0 Å². The highest BCUT2D eigenvalue weighted by molar-refractivity contribution is 5.93. The van der Waals surface area contributed by atoms with Crippen LogP contribution < -0.4 is 64.2 Å². The van der Waals surface area contributed by atoms with Crippen molar-refractivity contribution in [1.82, 2.24) is 58.5 Å². The maximum absolute atomic E-state index is 14.2. The largest absolute Gasteiger partial charge is 0.378 e. The maximum atomic E-state index is 14.2. The van der Waals surface area contributed by atoms with E-state index in [4.69, 9.17) is 5.73 Å². The Bertz CT molecular complexity index is 1100. The Morgan fingerprint density at radius 1 is 0.429 bits per heavy atom. The van der Waals surface area contributed by atoms with E-state index in [2.05, 4.69) is 71.6 Å². The SMILES string of the molecule is C=C(NC(CCCCNC)C(=O)NC(CCCCNC)C(=O)NC(CCCCNC)C(=O)NC(CCCCNC)C(=C)NCC(N)=O)C(CCCCNC)NC. The predicted molar refractivity (Wildman–Crippen MR) is 230 cm³/mol. The van der Waals surface area contributed by atoms with Gasteiger partial charge in [0.15, 0.2) is 0 Å². The van der Waals surface area contributed by atoms with Gasteiger partial charge in [0, 0.05) is 17.4 Å². The van der Waals surface area contributed by atoms with Gasteiger partial charge in [-0.15, -0.1) is 0 Å². The number of unbranched alkanes of at least 4 members (excludes halogenated alkanes) is 5. The summed E-state index contributed by atoms with van der Waals surface area (Å²) < 4.78 is 0. The lowest BCUT2D eigenvalue weighted by molar-refractivity contribution is -0.133. The van der Waals surface area contributed by atoms with E-state index in [1.807, 2.05) is 42.3 Å². The number of nitrogens with two attached hydrogens (primary N) is 1. The molecule has 0 saturated heterocycles. The molecule has 326 valence electrons. The highest BCUT2D eigenvalue weighted by Gasteiger charge is 2.30. The molecule has 0 fully saturated rings. The topological polar surface area (TPSA) is 227 Å². The molecule has 0 aromatic rings. The summed E-state index contributed by atoms with van der Waals surface area (Å²) in [6, 6.07) is -2.80. The molecule has 0 radical (unpaired) electrons. The van der Waals surface area contributed by atoms with Crippen molar-refractivity contribution < 1.29 is 19.2 Å². The number of hydrogen-bond acceptors (Lipinski definition) is 12. The molecule has 0 rings (SSSR count). The Morgan fingerprint density at radius 2 is 0.732 bits per heavy atom. The van der Waals surface area contributed by atoms with Gasteiger partial charge in [-0.05, 0) is 165 Å². The number of likely N-dealkylation sites (N-methyl/N-ethyl adjacent to an activating group) is 1. The van der Waals surface area contributed by atoms with Gasteiger partial charge >= 0.3 is 0 Å². The van der Waals surface area contributed by atoms with E-state index < -0.39 is 36.0 Å². The molecule has 0 aromatic carbocycles. The average molecular weight is 795 g/mol. The van der Waals surface area contributed by atoms with Crippen LogP contribution in [0.5, 0.6) is 0 Å². The number of carbonyl (C=O) groups excluding carboxylic acids is 4. The molecular weight excluding hydrogens is 713 g/mol. The van der Waals surface area contributed by atoms with Crippen molar-refractivity contribution in [3.05, 3.63) is 24.6 Å². The van der Waals surface area contributed by atoms with Crippen molar-refractivity contribution in [1.29, 1.82) is 0 Å². The Kier molecular flexibility index (Phi) is 32.9. The first-order chi connectivity index (χ1) is 27.0. The molecule has 16 heteroatoms. The molecule has 0 bridgehead atoms. The van der Waals surface area contributed by atoms with Crippen LogP contribution in [-0.4, -0.2) is 135 Å². The standard InChI is InChI=1S/C40H82N12O4/c1-30(48-29-37(41)53)33(20-10-15-25-43-4)50-39(55)35(22-12-17-27-45-6)52-40(56)36(23-13-18-28-46-7)51-38(54)34(21-11-16-26-44-5)49-31(2)32(47-8)19-9-14-24-42-3/h32-36,42-49H,1-2,9-29H2,3-8H3,(H2,41,53)(H,50,55)(H,51,54)(H,52,56). The molecule has 0 saturated carbocycles. The van der Waals surface area contributed by atoms with Crippen LogP contribution in [0.4, 0.5) is 0 Å². The molecule has 0 aromatic heterocycles. The molecule has 56 heavy (non-hydrogen) atoms.